The first-order valence-corrected chi connectivity index (χ1v) is 10.6. The Morgan fingerprint density at radius 1 is 1.09 bits per heavy atom. The molecule has 2 aromatic carbocycles. The van der Waals surface area contributed by atoms with Crippen molar-refractivity contribution in [2.45, 2.75) is 31.8 Å². The fraction of sp³-hybridized carbons (Fsp3) is 0.200. The molecular weight excluding hydrogens is 425 g/mol. The van der Waals surface area contributed by atoms with E-state index in [2.05, 4.69) is 10.3 Å². The predicted molar refractivity (Wildman–Crippen MR) is 118 cm³/mol. The van der Waals surface area contributed by atoms with Crippen LogP contribution in [0.3, 0.4) is 0 Å². The molecule has 0 fully saturated rings. The first-order chi connectivity index (χ1) is 16.0. The van der Waals surface area contributed by atoms with Crippen molar-refractivity contribution < 1.29 is 24.1 Å². The van der Waals surface area contributed by atoms with Crippen LogP contribution < -0.4 is 10.1 Å². The molecule has 0 unspecified atom stereocenters. The molecule has 168 valence electrons. The standard InChI is InChI=1S/C25H22FN3O4/c1-14-21(25(32)28-20-16-8-3-4-9-17(16)22(30)23(20)31)29-12-6-11-19(24(29)27-14)33-13-15-7-2-5-10-18(15)26/h2-12,20,22-23,30-31H,13H2,1H3,(H,28,32)/t20-,22-,23+/m1/s1. The molecule has 0 radical (unpaired) electrons. The second-order valence-corrected chi connectivity index (χ2v) is 8.01. The van der Waals surface area contributed by atoms with Gasteiger partial charge in [-0.05, 0) is 36.2 Å². The van der Waals surface area contributed by atoms with E-state index in [1.807, 2.05) is 0 Å². The van der Waals surface area contributed by atoms with Crippen molar-refractivity contribution in [2.24, 2.45) is 0 Å². The second kappa shape index (κ2) is 8.31. The molecule has 0 spiro atoms. The van der Waals surface area contributed by atoms with E-state index in [-0.39, 0.29) is 18.1 Å². The highest BCUT2D eigenvalue weighted by atomic mass is 19.1. The smallest absolute Gasteiger partial charge is 0.270 e. The quantitative estimate of drug-likeness (QED) is 0.437. The molecule has 0 aliphatic heterocycles. The summed E-state index contributed by atoms with van der Waals surface area (Å²) in [6.45, 7) is 1.72. The number of hydrogen-bond acceptors (Lipinski definition) is 5. The summed E-state index contributed by atoms with van der Waals surface area (Å²) < 4.78 is 21.4. The minimum atomic E-state index is -1.16. The van der Waals surface area contributed by atoms with E-state index in [1.54, 1.807) is 72.1 Å². The van der Waals surface area contributed by atoms with Crippen LogP contribution >= 0.6 is 0 Å². The number of nitrogens with one attached hydrogen (secondary N) is 1. The number of pyridine rings is 1. The second-order valence-electron chi connectivity index (χ2n) is 8.01. The van der Waals surface area contributed by atoms with Crippen molar-refractivity contribution in [2.75, 3.05) is 0 Å². The van der Waals surface area contributed by atoms with Crippen LogP contribution in [0.1, 0.15) is 45.0 Å². The molecule has 8 heteroatoms. The number of carbonyl (C=O) groups is 1. The number of aromatic nitrogens is 2. The minimum absolute atomic E-state index is 0.0166. The highest BCUT2D eigenvalue weighted by Crippen LogP contribution is 2.39. The molecule has 0 saturated carbocycles. The number of nitrogens with zero attached hydrogens (tertiary/aromatic N) is 2. The number of carbonyl (C=O) groups excluding carboxylic acids is 1. The van der Waals surface area contributed by atoms with Gasteiger partial charge in [-0.3, -0.25) is 9.20 Å². The van der Waals surface area contributed by atoms with Gasteiger partial charge in [0.05, 0.1) is 11.7 Å². The number of hydrogen-bond donors (Lipinski definition) is 3. The van der Waals surface area contributed by atoms with Crippen LogP contribution in [-0.2, 0) is 6.61 Å². The highest BCUT2D eigenvalue weighted by molar-refractivity contribution is 5.95. The Bertz CT molecular complexity index is 1350. The average Bonchev–Trinajstić information content (AvgIpc) is 3.28. The van der Waals surface area contributed by atoms with Crippen LogP contribution in [0.2, 0.25) is 0 Å². The molecule has 5 rings (SSSR count). The zero-order valence-electron chi connectivity index (χ0n) is 17.8. The van der Waals surface area contributed by atoms with Crippen molar-refractivity contribution in [3.8, 4) is 5.75 Å². The van der Waals surface area contributed by atoms with Gasteiger partial charge in [-0.1, -0.05) is 42.5 Å². The van der Waals surface area contributed by atoms with E-state index in [4.69, 9.17) is 4.74 Å². The average molecular weight is 447 g/mol. The Balaban J connectivity index is 1.43. The van der Waals surface area contributed by atoms with E-state index in [0.29, 0.717) is 33.8 Å². The summed E-state index contributed by atoms with van der Waals surface area (Å²) >= 11 is 0. The minimum Gasteiger partial charge on any atom is -0.485 e. The van der Waals surface area contributed by atoms with Crippen LogP contribution in [0.25, 0.3) is 5.65 Å². The molecule has 3 N–H and O–H groups in total. The van der Waals surface area contributed by atoms with Gasteiger partial charge in [0, 0.05) is 11.8 Å². The van der Waals surface area contributed by atoms with Gasteiger partial charge in [-0.2, -0.15) is 0 Å². The third kappa shape index (κ3) is 3.63. The summed E-state index contributed by atoms with van der Waals surface area (Å²) in [5, 5.41) is 23.7. The molecular formula is C25H22FN3O4. The lowest BCUT2D eigenvalue weighted by Gasteiger charge is -2.19. The van der Waals surface area contributed by atoms with Crippen molar-refractivity contribution >= 4 is 11.6 Å². The van der Waals surface area contributed by atoms with Gasteiger partial charge in [0.25, 0.3) is 5.91 Å². The maximum atomic E-state index is 13.9. The Labute approximate surface area is 189 Å². The molecule has 4 aromatic rings. The summed E-state index contributed by atoms with van der Waals surface area (Å²) in [6, 6.07) is 16.1. The molecule has 33 heavy (non-hydrogen) atoms. The third-order valence-corrected chi connectivity index (χ3v) is 5.95. The summed E-state index contributed by atoms with van der Waals surface area (Å²) in [7, 11) is 0. The van der Waals surface area contributed by atoms with Gasteiger partial charge in [0.2, 0.25) is 0 Å². The zero-order chi connectivity index (χ0) is 23.1. The molecule has 7 nitrogen and oxygen atoms in total. The van der Waals surface area contributed by atoms with Crippen LogP contribution in [0.4, 0.5) is 4.39 Å². The summed E-state index contributed by atoms with van der Waals surface area (Å²) in [5.41, 5.74) is 2.85. The lowest BCUT2D eigenvalue weighted by molar-refractivity contribution is 0.0107. The van der Waals surface area contributed by atoms with E-state index < -0.39 is 24.2 Å². The fourth-order valence-electron chi connectivity index (χ4n) is 4.30. The Hall–Kier alpha value is -3.75. The molecule has 1 aliphatic rings. The van der Waals surface area contributed by atoms with Crippen LogP contribution in [0.15, 0.2) is 66.9 Å². The summed E-state index contributed by atoms with van der Waals surface area (Å²) in [5.74, 6) is -0.398. The molecule has 0 saturated heterocycles. The maximum absolute atomic E-state index is 13.9. The first-order valence-electron chi connectivity index (χ1n) is 10.6. The van der Waals surface area contributed by atoms with Crippen LogP contribution in [-0.4, -0.2) is 31.6 Å². The number of aliphatic hydroxyl groups is 2. The van der Waals surface area contributed by atoms with E-state index in [1.165, 1.54) is 6.07 Å². The van der Waals surface area contributed by atoms with Crippen LogP contribution in [0.5, 0.6) is 5.75 Å². The highest BCUT2D eigenvalue weighted by Gasteiger charge is 2.39. The first kappa shape index (κ1) is 21.1. The van der Waals surface area contributed by atoms with Gasteiger partial charge in [0.1, 0.15) is 30.3 Å². The van der Waals surface area contributed by atoms with Gasteiger partial charge >= 0.3 is 0 Å². The van der Waals surface area contributed by atoms with Crippen molar-refractivity contribution in [3.05, 3.63) is 101 Å². The lowest BCUT2D eigenvalue weighted by Crippen LogP contribution is -2.35. The summed E-state index contributed by atoms with van der Waals surface area (Å²) in [6.07, 6.45) is -0.549. The molecule has 3 atom stereocenters. The van der Waals surface area contributed by atoms with Crippen molar-refractivity contribution in [1.29, 1.82) is 0 Å². The third-order valence-electron chi connectivity index (χ3n) is 5.95. The number of ether oxygens (including phenoxy) is 1. The van der Waals surface area contributed by atoms with Crippen molar-refractivity contribution in [3.63, 3.8) is 0 Å². The molecule has 1 amide bonds. The zero-order valence-corrected chi connectivity index (χ0v) is 17.8. The Morgan fingerprint density at radius 3 is 2.61 bits per heavy atom. The largest absolute Gasteiger partial charge is 0.485 e. The Kier molecular flexibility index (Phi) is 5.32. The van der Waals surface area contributed by atoms with E-state index in [0.717, 1.165) is 0 Å². The number of aryl methyl sites for hydroxylation is 1. The molecule has 2 heterocycles. The lowest BCUT2D eigenvalue weighted by atomic mass is 10.1. The number of halogens is 1. The number of imidazole rings is 1. The van der Waals surface area contributed by atoms with E-state index >= 15 is 0 Å². The number of rotatable bonds is 5. The molecule has 2 aromatic heterocycles. The van der Waals surface area contributed by atoms with Gasteiger partial charge < -0.3 is 20.3 Å². The van der Waals surface area contributed by atoms with Crippen LogP contribution in [0, 0.1) is 12.7 Å². The van der Waals surface area contributed by atoms with Gasteiger partial charge in [-0.25, -0.2) is 9.37 Å². The normalized spacial score (nSPS) is 19.5. The number of aliphatic hydroxyl groups excluding tert-OH is 2. The maximum Gasteiger partial charge on any atom is 0.270 e. The SMILES string of the molecule is Cc1nc2c(OCc3ccccc3F)cccn2c1C(=O)N[C@@H]1c2ccccc2[C@@H](O)[C@H]1O. The fourth-order valence-corrected chi connectivity index (χ4v) is 4.30. The van der Waals surface area contributed by atoms with Gasteiger partial charge in [-0.15, -0.1) is 0 Å². The topological polar surface area (TPSA) is 96.1 Å². The predicted octanol–water partition coefficient (Wildman–Crippen LogP) is 3.24. The number of benzene rings is 2. The monoisotopic (exact) mass is 447 g/mol. The summed E-state index contributed by atoms with van der Waals surface area (Å²) in [4.78, 5) is 17.7. The number of amides is 1. The molecule has 0 bridgehead atoms. The number of fused-ring (bicyclic) bond motifs is 2. The van der Waals surface area contributed by atoms with Gasteiger partial charge in [0.15, 0.2) is 11.4 Å². The van der Waals surface area contributed by atoms with Crippen molar-refractivity contribution in [1.82, 2.24) is 14.7 Å². The molecule has 1 aliphatic carbocycles. The van der Waals surface area contributed by atoms with E-state index in [9.17, 15) is 19.4 Å². The Morgan fingerprint density at radius 2 is 1.82 bits per heavy atom.